The van der Waals surface area contributed by atoms with Crippen LogP contribution in [0.4, 0.5) is 4.79 Å². The number of carbonyl (C=O) groups excluding carboxylic acids is 1. The van der Waals surface area contributed by atoms with Gasteiger partial charge in [0.15, 0.2) is 0 Å². The van der Waals surface area contributed by atoms with Crippen LogP contribution in [-0.4, -0.2) is 24.0 Å². The number of rotatable bonds is 7. The Bertz CT molecular complexity index is 610. The highest BCUT2D eigenvalue weighted by molar-refractivity contribution is 5.74. The predicted molar refractivity (Wildman–Crippen MR) is 99.9 cm³/mol. The van der Waals surface area contributed by atoms with E-state index in [0.717, 1.165) is 25.1 Å². The molecule has 0 fully saturated rings. The van der Waals surface area contributed by atoms with Gasteiger partial charge in [-0.1, -0.05) is 74.5 Å². The molecule has 0 bridgehead atoms. The summed E-state index contributed by atoms with van der Waals surface area (Å²) < 4.78 is 0. The molecule has 128 valence electrons. The average Bonchev–Trinajstić information content (AvgIpc) is 2.60. The van der Waals surface area contributed by atoms with Gasteiger partial charge in [0.25, 0.3) is 0 Å². The van der Waals surface area contributed by atoms with Gasteiger partial charge in [0.05, 0.1) is 6.04 Å². The molecule has 24 heavy (non-hydrogen) atoms. The largest absolute Gasteiger partial charge is 0.331 e. The lowest BCUT2D eigenvalue weighted by Crippen LogP contribution is -2.43. The van der Waals surface area contributed by atoms with Crippen LogP contribution in [0.5, 0.6) is 0 Å². The van der Waals surface area contributed by atoms with Crippen molar-refractivity contribution in [3.63, 3.8) is 0 Å². The highest BCUT2D eigenvalue weighted by Crippen LogP contribution is 2.19. The lowest BCUT2D eigenvalue weighted by molar-refractivity contribution is 0.190. The quantitative estimate of drug-likeness (QED) is 0.789. The second-order valence-corrected chi connectivity index (χ2v) is 6.53. The average molecular weight is 324 g/mol. The SMILES string of the molecule is CCN(CC(C)C)C(=O)NC(Cc1ccccc1)c1ccccc1. The predicted octanol–water partition coefficient (Wildman–Crippen LogP) is 4.66. The first-order valence-electron chi connectivity index (χ1n) is 8.74. The fourth-order valence-electron chi connectivity index (χ4n) is 2.82. The molecule has 2 aromatic rings. The smallest absolute Gasteiger partial charge is 0.317 e. The monoisotopic (exact) mass is 324 g/mol. The van der Waals surface area contributed by atoms with Gasteiger partial charge in [-0.05, 0) is 30.4 Å². The Balaban J connectivity index is 2.15. The lowest BCUT2D eigenvalue weighted by Gasteiger charge is -2.27. The van der Waals surface area contributed by atoms with Crippen molar-refractivity contribution in [2.75, 3.05) is 13.1 Å². The van der Waals surface area contributed by atoms with Crippen LogP contribution in [0, 0.1) is 5.92 Å². The van der Waals surface area contributed by atoms with Gasteiger partial charge in [-0.2, -0.15) is 0 Å². The van der Waals surface area contributed by atoms with Crippen LogP contribution in [0.25, 0.3) is 0 Å². The molecule has 3 nitrogen and oxygen atoms in total. The summed E-state index contributed by atoms with van der Waals surface area (Å²) in [6, 6.07) is 20.5. The Kier molecular flexibility index (Phi) is 6.86. The molecule has 0 heterocycles. The normalized spacial score (nSPS) is 12.0. The first-order chi connectivity index (χ1) is 11.6. The first kappa shape index (κ1) is 18.1. The van der Waals surface area contributed by atoms with E-state index < -0.39 is 0 Å². The molecule has 1 unspecified atom stereocenters. The van der Waals surface area contributed by atoms with E-state index in [4.69, 9.17) is 0 Å². The van der Waals surface area contributed by atoms with Crippen LogP contribution in [0.2, 0.25) is 0 Å². The number of benzene rings is 2. The summed E-state index contributed by atoms with van der Waals surface area (Å²) in [6.45, 7) is 7.78. The van der Waals surface area contributed by atoms with Gasteiger partial charge in [-0.15, -0.1) is 0 Å². The van der Waals surface area contributed by atoms with Crippen LogP contribution >= 0.6 is 0 Å². The third-order valence-corrected chi connectivity index (χ3v) is 4.04. The molecule has 0 radical (unpaired) electrons. The summed E-state index contributed by atoms with van der Waals surface area (Å²) in [5.41, 5.74) is 2.36. The van der Waals surface area contributed by atoms with Gasteiger partial charge >= 0.3 is 6.03 Å². The van der Waals surface area contributed by atoms with E-state index in [1.165, 1.54) is 5.56 Å². The van der Waals surface area contributed by atoms with Crippen molar-refractivity contribution >= 4 is 6.03 Å². The second kappa shape index (κ2) is 9.11. The molecule has 3 heteroatoms. The fourth-order valence-corrected chi connectivity index (χ4v) is 2.82. The van der Waals surface area contributed by atoms with E-state index in [0.29, 0.717) is 5.92 Å². The summed E-state index contributed by atoms with van der Waals surface area (Å²) in [7, 11) is 0. The van der Waals surface area contributed by atoms with Crippen LogP contribution in [0.15, 0.2) is 60.7 Å². The van der Waals surface area contributed by atoms with Gasteiger partial charge in [0.2, 0.25) is 0 Å². The van der Waals surface area contributed by atoms with Gasteiger partial charge < -0.3 is 10.2 Å². The third-order valence-electron chi connectivity index (χ3n) is 4.04. The zero-order valence-electron chi connectivity index (χ0n) is 14.9. The number of urea groups is 1. The van der Waals surface area contributed by atoms with Crippen LogP contribution in [0.1, 0.15) is 37.9 Å². The van der Waals surface area contributed by atoms with E-state index >= 15 is 0 Å². The molecule has 2 rings (SSSR count). The van der Waals surface area contributed by atoms with E-state index in [9.17, 15) is 4.79 Å². The fraction of sp³-hybridized carbons (Fsp3) is 0.381. The minimum absolute atomic E-state index is 0.0102. The van der Waals surface area contributed by atoms with Crippen molar-refractivity contribution in [1.82, 2.24) is 10.2 Å². The Morgan fingerprint density at radius 2 is 1.58 bits per heavy atom. The Morgan fingerprint density at radius 3 is 2.12 bits per heavy atom. The number of carbonyl (C=O) groups is 1. The minimum atomic E-state index is -0.0256. The molecule has 0 aliphatic rings. The molecule has 0 saturated heterocycles. The van der Waals surface area contributed by atoms with Crippen LogP contribution < -0.4 is 5.32 Å². The van der Waals surface area contributed by atoms with Gasteiger partial charge in [-0.3, -0.25) is 0 Å². The Labute approximate surface area is 145 Å². The molecular formula is C21H28N2O. The summed E-state index contributed by atoms with van der Waals surface area (Å²) >= 11 is 0. The van der Waals surface area contributed by atoms with Crippen molar-refractivity contribution in [1.29, 1.82) is 0 Å². The van der Waals surface area contributed by atoms with E-state index in [2.05, 4.69) is 43.4 Å². The highest BCUT2D eigenvalue weighted by atomic mass is 16.2. The zero-order chi connectivity index (χ0) is 17.4. The van der Waals surface area contributed by atoms with Crippen molar-refractivity contribution in [3.05, 3.63) is 71.8 Å². The first-order valence-corrected chi connectivity index (χ1v) is 8.74. The van der Waals surface area contributed by atoms with Crippen molar-refractivity contribution in [2.45, 2.75) is 33.2 Å². The Morgan fingerprint density at radius 1 is 1.00 bits per heavy atom. The molecule has 1 N–H and O–H groups in total. The van der Waals surface area contributed by atoms with E-state index in [-0.39, 0.29) is 12.1 Å². The highest BCUT2D eigenvalue weighted by Gasteiger charge is 2.19. The van der Waals surface area contributed by atoms with Crippen molar-refractivity contribution in [2.24, 2.45) is 5.92 Å². The maximum absolute atomic E-state index is 12.7. The van der Waals surface area contributed by atoms with E-state index in [1.807, 2.05) is 48.2 Å². The van der Waals surface area contributed by atoms with Crippen LogP contribution in [0.3, 0.4) is 0 Å². The van der Waals surface area contributed by atoms with Gasteiger partial charge in [-0.25, -0.2) is 4.79 Å². The number of nitrogens with zero attached hydrogens (tertiary/aromatic N) is 1. The van der Waals surface area contributed by atoms with Crippen molar-refractivity contribution in [3.8, 4) is 0 Å². The van der Waals surface area contributed by atoms with Gasteiger partial charge in [0.1, 0.15) is 0 Å². The van der Waals surface area contributed by atoms with Crippen molar-refractivity contribution < 1.29 is 4.79 Å². The molecule has 0 aromatic heterocycles. The minimum Gasteiger partial charge on any atom is -0.331 e. The number of nitrogens with one attached hydrogen (secondary N) is 1. The maximum Gasteiger partial charge on any atom is 0.317 e. The molecule has 2 amide bonds. The molecule has 0 aliphatic carbocycles. The summed E-state index contributed by atoms with van der Waals surface area (Å²) in [5.74, 6) is 0.458. The maximum atomic E-state index is 12.7. The standard InChI is InChI=1S/C21H28N2O/c1-4-23(16-17(2)3)21(24)22-20(19-13-9-6-10-14-19)15-18-11-7-5-8-12-18/h5-14,17,20H,4,15-16H2,1-3H3,(H,22,24). The molecule has 1 atom stereocenters. The summed E-state index contributed by atoms with van der Waals surface area (Å²) in [5, 5.41) is 3.23. The second-order valence-electron chi connectivity index (χ2n) is 6.53. The lowest BCUT2D eigenvalue weighted by atomic mass is 9.99. The topological polar surface area (TPSA) is 32.3 Å². The van der Waals surface area contributed by atoms with E-state index in [1.54, 1.807) is 0 Å². The number of hydrogen-bond donors (Lipinski definition) is 1. The molecule has 0 saturated carbocycles. The van der Waals surface area contributed by atoms with Crippen LogP contribution in [-0.2, 0) is 6.42 Å². The molecule has 0 aliphatic heterocycles. The molecule has 2 aromatic carbocycles. The zero-order valence-corrected chi connectivity index (χ0v) is 14.9. The summed E-state index contributed by atoms with van der Waals surface area (Å²) in [4.78, 5) is 14.6. The Hall–Kier alpha value is -2.29. The third kappa shape index (κ3) is 5.41. The molecule has 0 spiro atoms. The molecular weight excluding hydrogens is 296 g/mol. The number of hydrogen-bond acceptors (Lipinski definition) is 1. The number of amides is 2. The summed E-state index contributed by atoms with van der Waals surface area (Å²) in [6.07, 6.45) is 0.788. The van der Waals surface area contributed by atoms with Gasteiger partial charge in [0, 0.05) is 13.1 Å².